The molecule has 0 amide bonds. The first kappa shape index (κ1) is 25.0. The van der Waals surface area contributed by atoms with Crippen LogP contribution in [0.25, 0.3) is 0 Å². The molecule has 3 heteroatoms. The van der Waals surface area contributed by atoms with Crippen LogP contribution >= 0.6 is 0 Å². The lowest BCUT2D eigenvalue weighted by molar-refractivity contribution is 0.326. The molecular weight excluding hydrogens is 383 g/mol. The maximum Gasteiger partial charge on any atom is 0.116 e. The van der Waals surface area contributed by atoms with E-state index in [1.807, 2.05) is 6.92 Å². The average molecular weight is 425 g/mol. The van der Waals surface area contributed by atoms with Crippen molar-refractivity contribution in [1.82, 2.24) is 4.90 Å². The molecule has 1 aromatic carbocycles. The van der Waals surface area contributed by atoms with E-state index in [1.54, 1.807) is 0 Å². The minimum atomic E-state index is -0.424. The van der Waals surface area contributed by atoms with E-state index in [-0.39, 0.29) is 0 Å². The van der Waals surface area contributed by atoms with Crippen molar-refractivity contribution in [2.24, 2.45) is 0 Å². The molecule has 1 saturated heterocycles. The maximum atomic E-state index is 13.5. The van der Waals surface area contributed by atoms with Crippen LogP contribution in [0.5, 0.6) is 0 Å². The first-order chi connectivity index (χ1) is 14.9. The lowest BCUT2D eigenvalue weighted by Gasteiger charge is -2.41. The van der Waals surface area contributed by atoms with Gasteiger partial charge in [0.05, 0.1) is 0 Å². The number of rotatable bonds is 12. The summed E-state index contributed by atoms with van der Waals surface area (Å²) in [6, 6.07) is 6.88. The van der Waals surface area contributed by atoms with Crippen LogP contribution in [0.3, 0.4) is 0 Å². The summed E-state index contributed by atoms with van der Waals surface area (Å²) in [5, 5.41) is 0. The highest BCUT2D eigenvalue weighted by atomic mass is 19.1. The Morgan fingerprint density at radius 3 is 2.48 bits per heavy atom. The summed E-state index contributed by atoms with van der Waals surface area (Å²) in [7, 11) is 0. The largest absolute Gasteiger partial charge is 0.354 e. The Kier molecular flexibility index (Phi) is 10.1. The molecule has 1 aliphatic heterocycles. The van der Waals surface area contributed by atoms with Crippen molar-refractivity contribution in [1.29, 1.82) is 0 Å². The standard InChI is InChI=1S/C28H41FN2/c1-7-10-11-12-14-26-20-28(16-15-25(26)9-3)31-18-13-17-30(24(31)6)21-27(19-23(5)29)22(4)8-2/h15-16,19-20H,4-14,17-18,21H2,1-3H3/b27-19-. The zero-order valence-corrected chi connectivity index (χ0v) is 20.0. The Balaban J connectivity index is 2.20. The predicted molar refractivity (Wildman–Crippen MR) is 134 cm³/mol. The van der Waals surface area contributed by atoms with Crippen LogP contribution in [0.4, 0.5) is 10.1 Å². The number of aryl methyl sites for hydroxylation is 2. The minimum absolute atomic E-state index is 0.424. The van der Waals surface area contributed by atoms with Gasteiger partial charge in [-0.15, -0.1) is 0 Å². The van der Waals surface area contributed by atoms with Crippen molar-refractivity contribution >= 4 is 5.69 Å². The van der Waals surface area contributed by atoms with Crippen LogP contribution in [0.15, 0.2) is 66.8 Å². The number of nitrogens with zero attached hydrogens (tertiary/aromatic N) is 2. The molecule has 0 radical (unpaired) electrons. The van der Waals surface area contributed by atoms with E-state index in [1.165, 1.54) is 48.6 Å². The number of halogens is 1. The first-order valence-electron chi connectivity index (χ1n) is 12.0. The maximum absolute atomic E-state index is 13.5. The van der Waals surface area contributed by atoms with Crippen LogP contribution < -0.4 is 4.90 Å². The summed E-state index contributed by atoms with van der Waals surface area (Å²) in [6.45, 7) is 21.0. The molecule has 2 nitrogen and oxygen atoms in total. The van der Waals surface area contributed by atoms with Crippen molar-refractivity contribution in [3.63, 3.8) is 0 Å². The Morgan fingerprint density at radius 2 is 1.84 bits per heavy atom. The van der Waals surface area contributed by atoms with Crippen LogP contribution in [0.2, 0.25) is 0 Å². The third kappa shape index (κ3) is 7.12. The number of hydrogen-bond acceptors (Lipinski definition) is 2. The highest BCUT2D eigenvalue weighted by molar-refractivity contribution is 5.55. The topological polar surface area (TPSA) is 6.48 Å². The fraction of sp³-hybridized carbons (Fsp3) is 0.500. The number of unbranched alkanes of at least 4 members (excludes halogenated alkanes) is 3. The molecule has 170 valence electrons. The van der Waals surface area contributed by atoms with Gasteiger partial charge in [0.1, 0.15) is 11.6 Å². The highest BCUT2D eigenvalue weighted by Gasteiger charge is 2.23. The van der Waals surface area contributed by atoms with Gasteiger partial charge in [-0.1, -0.05) is 71.4 Å². The quantitative estimate of drug-likeness (QED) is 0.250. The fourth-order valence-electron chi connectivity index (χ4n) is 4.28. The molecule has 1 fully saturated rings. The van der Waals surface area contributed by atoms with Gasteiger partial charge in [0.25, 0.3) is 0 Å². The van der Waals surface area contributed by atoms with Crippen LogP contribution in [-0.4, -0.2) is 24.5 Å². The Morgan fingerprint density at radius 1 is 1.06 bits per heavy atom. The number of hydrogen-bond donors (Lipinski definition) is 0. The number of allylic oxidation sites excluding steroid dienone is 2. The van der Waals surface area contributed by atoms with E-state index in [0.29, 0.717) is 6.54 Å². The van der Waals surface area contributed by atoms with Gasteiger partial charge < -0.3 is 9.80 Å². The normalized spacial score (nSPS) is 14.8. The van der Waals surface area contributed by atoms with Gasteiger partial charge in [-0.25, -0.2) is 4.39 Å². The van der Waals surface area contributed by atoms with Gasteiger partial charge >= 0.3 is 0 Å². The highest BCUT2D eigenvalue weighted by Crippen LogP contribution is 2.29. The van der Waals surface area contributed by atoms with Crippen LogP contribution in [-0.2, 0) is 12.8 Å². The molecule has 0 spiro atoms. The Hall–Kier alpha value is -2.29. The SMILES string of the molecule is C=C(F)/C=C(/CN1CCCN(c2ccc(CC)c(CCCCCC)c2)C1=C)C(=C)CC. The molecule has 0 saturated carbocycles. The molecule has 31 heavy (non-hydrogen) atoms. The second kappa shape index (κ2) is 12.5. The van der Waals surface area contributed by atoms with Gasteiger partial charge in [0.2, 0.25) is 0 Å². The van der Waals surface area contributed by atoms with E-state index in [9.17, 15) is 4.39 Å². The smallest absolute Gasteiger partial charge is 0.116 e. The van der Waals surface area contributed by atoms with Crippen molar-refractivity contribution in [3.8, 4) is 0 Å². The Labute approximate surface area is 189 Å². The summed E-state index contributed by atoms with van der Waals surface area (Å²) in [6.07, 6.45) is 10.7. The molecule has 1 aromatic rings. The van der Waals surface area contributed by atoms with Crippen LogP contribution in [0.1, 0.15) is 70.4 Å². The summed E-state index contributed by atoms with van der Waals surface area (Å²) in [5.41, 5.74) is 5.98. The summed E-state index contributed by atoms with van der Waals surface area (Å²) in [4.78, 5) is 4.56. The molecule has 0 aromatic heterocycles. The molecular formula is C28H41FN2. The van der Waals surface area contributed by atoms with Crippen molar-refractivity contribution in [3.05, 3.63) is 77.9 Å². The van der Waals surface area contributed by atoms with Crippen molar-refractivity contribution in [2.75, 3.05) is 24.5 Å². The van der Waals surface area contributed by atoms with E-state index in [4.69, 9.17) is 0 Å². The van der Waals surface area contributed by atoms with Gasteiger partial charge in [0, 0.05) is 25.3 Å². The summed E-state index contributed by atoms with van der Waals surface area (Å²) in [5.74, 6) is 0.554. The van der Waals surface area contributed by atoms with E-state index >= 15 is 0 Å². The lowest BCUT2D eigenvalue weighted by atomic mass is 9.98. The van der Waals surface area contributed by atoms with Crippen molar-refractivity contribution < 1.29 is 4.39 Å². The van der Waals surface area contributed by atoms with E-state index in [2.05, 4.69) is 61.6 Å². The predicted octanol–water partition coefficient (Wildman–Crippen LogP) is 7.73. The second-order valence-electron chi connectivity index (χ2n) is 8.53. The fourth-order valence-corrected chi connectivity index (χ4v) is 4.28. The lowest BCUT2D eigenvalue weighted by Crippen LogP contribution is -2.43. The van der Waals surface area contributed by atoms with Crippen LogP contribution in [0, 0.1) is 0 Å². The Bertz CT molecular complexity index is 805. The number of benzene rings is 1. The molecule has 0 aliphatic carbocycles. The molecule has 0 unspecified atom stereocenters. The molecule has 0 bridgehead atoms. The van der Waals surface area contributed by atoms with E-state index < -0.39 is 5.83 Å². The molecule has 0 N–H and O–H groups in total. The van der Waals surface area contributed by atoms with Crippen molar-refractivity contribution in [2.45, 2.75) is 72.1 Å². The zero-order valence-electron chi connectivity index (χ0n) is 20.0. The third-order valence-electron chi connectivity index (χ3n) is 6.24. The van der Waals surface area contributed by atoms with Gasteiger partial charge in [0.15, 0.2) is 0 Å². The van der Waals surface area contributed by atoms with E-state index in [0.717, 1.165) is 55.7 Å². The van der Waals surface area contributed by atoms with Gasteiger partial charge in [-0.3, -0.25) is 0 Å². The monoisotopic (exact) mass is 424 g/mol. The zero-order chi connectivity index (χ0) is 22.8. The summed E-state index contributed by atoms with van der Waals surface area (Å²) >= 11 is 0. The molecule has 0 atom stereocenters. The third-order valence-corrected chi connectivity index (χ3v) is 6.24. The molecule has 1 heterocycles. The molecule has 2 rings (SSSR count). The van der Waals surface area contributed by atoms with Gasteiger partial charge in [-0.05, 0) is 67.0 Å². The number of anilines is 1. The molecule has 1 aliphatic rings. The second-order valence-corrected chi connectivity index (χ2v) is 8.53. The average Bonchev–Trinajstić information content (AvgIpc) is 2.76. The summed E-state index contributed by atoms with van der Waals surface area (Å²) < 4.78 is 13.5. The first-order valence-corrected chi connectivity index (χ1v) is 12.0. The minimum Gasteiger partial charge on any atom is -0.354 e. The van der Waals surface area contributed by atoms with Gasteiger partial charge in [-0.2, -0.15) is 0 Å².